The number of fused-ring (bicyclic) bond motifs is 1. The van der Waals surface area contributed by atoms with Crippen LogP contribution in [0.5, 0.6) is 0 Å². The lowest BCUT2D eigenvalue weighted by Gasteiger charge is -2.38. The third-order valence-corrected chi connectivity index (χ3v) is 5.23. The topological polar surface area (TPSA) is 72.5 Å². The predicted octanol–water partition coefficient (Wildman–Crippen LogP) is 3.53. The molecule has 0 amide bonds. The first-order valence-electron chi connectivity index (χ1n) is 9.15. The Balaban J connectivity index is 1.49. The number of piperazine rings is 1. The lowest BCUT2D eigenvalue weighted by atomic mass is 10.0. The number of halogens is 3. The van der Waals surface area contributed by atoms with Crippen molar-refractivity contribution < 1.29 is 23.1 Å². The van der Waals surface area contributed by atoms with Gasteiger partial charge >= 0.3 is 12.1 Å². The molecule has 6 nitrogen and oxygen atoms in total. The molecule has 1 saturated heterocycles. The summed E-state index contributed by atoms with van der Waals surface area (Å²) in [4.78, 5) is 22.8. The Hall–Kier alpha value is -3.07. The van der Waals surface area contributed by atoms with E-state index in [9.17, 15) is 23.1 Å². The molecule has 0 saturated carbocycles. The number of nitrogens with zero attached hydrogens (tertiary/aromatic N) is 3. The van der Waals surface area contributed by atoms with Crippen molar-refractivity contribution in [2.45, 2.75) is 12.2 Å². The van der Waals surface area contributed by atoms with Crippen molar-refractivity contribution in [1.29, 1.82) is 0 Å². The molecule has 2 aromatic heterocycles. The number of alkyl halides is 3. The van der Waals surface area contributed by atoms with Crippen LogP contribution in [-0.4, -0.2) is 52.1 Å². The lowest BCUT2D eigenvalue weighted by Crippen LogP contribution is -2.49. The number of anilines is 1. The van der Waals surface area contributed by atoms with E-state index in [2.05, 4.69) is 9.97 Å². The van der Waals surface area contributed by atoms with Crippen LogP contribution in [0.2, 0.25) is 0 Å². The fourth-order valence-electron chi connectivity index (χ4n) is 3.76. The van der Waals surface area contributed by atoms with Gasteiger partial charge in [0.05, 0.1) is 5.56 Å². The molecule has 0 spiro atoms. The number of nitrogens with one attached hydrogen (secondary N) is 1. The minimum absolute atomic E-state index is 0.455. The summed E-state index contributed by atoms with van der Waals surface area (Å²) in [6.07, 6.45) is -1.86. The van der Waals surface area contributed by atoms with Crippen LogP contribution in [0.1, 0.15) is 17.2 Å². The molecule has 0 unspecified atom stereocenters. The standard InChI is InChI=1S/C20H19F3N4O2/c21-20(22,23)13-5-6-17(25-11-13)26-7-9-27(10-8-26)18(19(28)29)15-12-24-16-4-2-1-3-14(15)16/h1-6,11-12,18,24H,7-10H2,(H,28,29)/t18-/m1/s1. The maximum atomic E-state index is 12.7. The first kappa shape index (κ1) is 19.3. The highest BCUT2D eigenvalue weighted by Gasteiger charge is 2.33. The first-order valence-corrected chi connectivity index (χ1v) is 9.15. The number of benzene rings is 1. The molecule has 0 bridgehead atoms. The summed E-state index contributed by atoms with van der Waals surface area (Å²) in [5, 5.41) is 10.7. The van der Waals surface area contributed by atoms with Gasteiger partial charge in [0.25, 0.3) is 0 Å². The second-order valence-electron chi connectivity index (χ2n) is 6.96. The van der Waals surface area contributed by atoms with Gasteiger partial charge < -0.3 is 15.0 Å². The molecule has 0 aliphatic carbocycles. The number of carbonyl (C=O) groups is 1. The Kier molecular flexibility index (Phi) is 4.91. The molecule has 1 aromatic carbocycles. The van der Waals surface area contributed by atoms with Gasteiger partial charge in [-0.2, -0.15) is 13.2 Å². The van der Waals surface area contributed by atoms with E-state index in [-0.39, 0.29) is 0 Å². The summed E-state index contributed by atoms with van der Waals surface area (Å²) in [6, 6.07) is 9.11. The number of hydrogen-bond donors (Lipinski definition) is 2. The van der Waals surface area contributed by atoms with E-state index in [4.69, 9.17) is 0 Å². The van der Waals surface area contributed by atoms with Crippen LogP contribution >= 0.6 is 0 Å². The summed E-state index contributed by atoms with van der Waals surface area (Å²) in [7, 11) is 0. The molecule has 3 aromatic rings. The average molecular weight is 404 g/mol. The zero-order chi connectivity index (χ0) is 20.6. The number of para-hydroxylation sites is 1. The van der Waals surface area contributed by atoms with E-state index in [0.717, 1.165) is 23.2 Å². The molecular formula is C20H19F3N4O2. The quantitative estimate of drug-likeness (QED) is 0.696. The summed E-state index contributed by atoms with van der Waals surface area (Å²) in [6.45, 7) is 1.87. The molecule has 4 rings (SSSR count). The van der Waals surface area contributed by atoms with Crippen molar-refractivity contribution in [3.63, 3.8) is 0 Å². The number of carboxylic acids is 1. The zero-order valence-corrected chi connectivity index (χ0v) is 15.4. The highest BCUT2D eigenvalue weighted by atomic mass is 19.4. The van der Waals surface area contributed by atoms with Crippen LogP contribution in [0.25, 0.3) is 10.9 Å². The minimum Gasteiger partial charge on any atom is -0.480 e. The molecule has 1 aliphatic heterocycles. The molecule has 1 fully saturated rings. The van der Waals surface area contributed by atoms with E-state index in [1.807, 2.05) is 34.1 Å². The van der Waals surface area contributed by atoms with E-state index in [1.54, 1.807) is 6.20 Å². The lowest BCUT2D eigenvalue weighted by molar-refractivity contribution is -0.143. The van der Waals surface area contributed by atoms with Gasteiger partial charge in [0.2, 0.25) is 0 Å². The van der Waals surface area contributed by atoms with Crippen molar-refractivity contribution in [1.82, 2.24) is 14.9 Å². The minimum atomic E-state index is -4.42. The number of hydrogen-bond acceptors (Lipinski definition) is 4. The molecular weight excluding hydrogens is 385 g/mol. The van der Waals surface area contributed by atoms with Gasteiger partial charge in [-0.05, 0) is 18.2 Å². The van der Waals surface area contributed by atoms with Gasteiger partial charge in [0.1, 0.15) is 11.9 Å². The summed E-state index contributed by atoms with van der Waals surface area (Å²) in [5.41, 5.74) is 0.792. The van der Waals surface area contributed by atoms with E-state index in [0.29, 0.717) is 37.6 Å². The van der Waals surface area contributed by atoms with Crippen molar-refractivity contribution in [3.8, 4) is 0 Å². The monoisotopic (exact) mass is 404 g/mol. The fourth-order valence-corrected chi connectivity index (χ4v) is 3.76. The van der Waals surface area contributed by atoms with Gasteiger partial charge in [0, 0.05) is 55.0 Å². The van der Waals surface area contributed by atoms with Gasteiger partial charge in [-0.25, -0.2) is 4.98 Å². The summed E-state index contributed by atoms with van der Waals surface area (Å²) >= 11 is 0. The molecule has 1 atom stereocenters. The van der Waals surface area contributed by atoms with Crippen LogP contribution in [0.15, 0.2) is 48.8 Å². The Morgan fingerprint density at radius 3 is 2.45 bits per heavy atom. The second-order valence-corrected chi connectivity index (χ2v) is 6.96. The number of pyridine rings is 1. The number of aliphatic carboxylic acids is 1. The van der Waals surface area contributed by atoms with Gasteiger partial charge in [-0.1, -0.05) is 18.2 Å². The second kappa shape index (κ2) is 7.40. The Labute approximate surface area is 164 Å². The van der Waals surface area contributed by atoms with E-state index in [1.165, 1.54) is 6.07 Å². The van der Waals surface area contributed by atoms with E-state index >= 15 is 0 Å². The van der Waals surface area contributed by atoms with Gasteiger partial charge in [-0.3, -0.25) is 9.69 Å². The van der Waals surface area contributed by atoms with Crippen molar-refractivity contribution >= 4 is 22.7 Å². The number of aromatic amines is 1. The molecule has 29 heavy (non-hydrogen) atoms. The van der Waals surface area contributed by atoms with Crippen LogP contribution in [0.4, 0.5) is 19.0 Å². The molecule has 0 radical (unpaired) electrons. The Bertz CT molecular complexity index is 1010. The average Bonchev–Trinajstić information content (AvgIpc) is 3.12. The number of rotatable bonds is 4. The van der Waals surface area contributed by atoms with Gasteiger partial charge in [-0.15, -0.1) is 0 Å². The van der Waals surface area contributed by atoms with Crippen molar-refractivity contribution in [3.05, 3.63) is 59.9 Å². The summed E-state index contributed by atoms with van der Waals surface area (Å²) < 4.78 is 38.1. The smallest absolute Gasteiger partial charge is 0.417 e. The molecule has 9 heteroatoms. The van der Waals surface area contributed by atoms with Crippen LogP contribution < -0.4 is 4.90 Å². The fraction of sp³-hybridized carbons (Fsp3) is 0.300. The van der Waals surface area contributed by atoms with Gasteiger partial charge in [0.15, 0.2) is 0 Å². The third kappa shape index (κ3) is 3.77. The number of carboxylic acid groups (broad SMARTS) is 1. The van der Waals surface area contributed by atoms with Crippen molar-refractivity contribution in [2.24, 2.45) is 0 Å². The highest BCUT2D eigenvalue weighted by molar-refractivity contribution is 5.89. The zero-order valence-electron chi connectivity index (χ0n) is 15.4. The number of aromatic nitrogens is 2. The van der Waals surface area contributed by atoms with Crippen LogP contribution in [-0.2, 0) is 11.0 Å². The first-order chi connectivity index (χ1) is 13.8. The largest absolute Gasteiger partial charge is 0.480 e. The molecule has 2 N–H and O–H groups in total. The predicted molar refractivity (Wildman–Crippen MR) is 102 cm³/mol. The van der Waals surface area contributed by atoms with Crippen molar-refractivity contribution in [2.75, 3.05) is 31.1 Å². The SMILES string of the molecule is O=C(O)[C@@H](c1c[nH]c2ccccc12)N1CCN(c2ccc(C(F)(F)F)cn2)CC1. The Morgan fingerprint density at radius 1 is 1.10 bits per heavy atom. The maximum Gasteiger partial charge on any atom is 0.417 e. The van der Waals surface area contributed by atoms with Crippen LogP contribution in [0.3, 0.4) is 0 Å². The normalized spacial score (nSPS) is 16.9. The van der Waals surface area contributed by atoms with Crippen LogP contribution in [0, 0.1) is 0 Å². The highest BCUT2D eigenvalue weighted by Crippen LogP contribution is 2.31. The third-order valence-electron chi connectivity index (χ3n) is 5.23. The molecule has 1 aliphatic rings. The molecule has 152 valence electrons. The number of H-pyrrole nitrogens is 1. The Morgan fingerprint density at radius 2 is 1.83 bits per heavy atom. The maximum absolute atomic E-state index is 12.7. The van der Waals surface area contributed by atoms with E-state index < -0.39 is 23.8 Å². The molecule has 3 heterocycles. The summed E-state index contributed by atoms with van der Waals surface area (Å²) in [5.74, 6) is -0.479.